The summed E-state index contributed by atoms with van der Waals surface area (Å²) in [6.45, 7) is 7.79. The third-order valence-electron chi connectivity index (χ3n) is 6.88. The molecule has 10 heteroatoms. The van der Waals surface area contributed by atoms with Crippen molar-refractivity contribution >= 4 is 35.0 Å². The number of halogens is 1. The van der Waals surface area contributed by atoms with E-state index in [0.717, 1.165) is 5.56 Å². The molecule has 0 saturated carbocycles. The Morgan fingerprint density at radius 2 is 1.84 bits per heavy atom. The van der Waals surface area contributed by atoms with Crippen LogP contribution in [0.5, 0.6) is 17.2 Å². The highest BCUT2D eigenvalue weighted by atomic mass is 35.5. The minimum atomic E-state index is -0.800. The molecule has 0 aliphatic carbocycles. The van der Waals surface area contributed by atoms with Gasteiger partial charge in [-0.15, -0.1) is 0 Å². The smallest absolute Gasteiger partial charge is 0.338 e. The number of rotatable bonds is 10. The van der Waals surface area contributed by atoms with E-state index in [0.29, 0.717) is 48.4 Å². The van der Waals surface area contributed by atoms with Gasteiger partial charge in [-0.3, -0.25) is 9.36 Å². The lowest BCUT2D eigenvalue weighted by Gasteiger charge is -2.26. The van der Waals surface area contributed by atoms with Gasteiger partial charge in [0, 0.05) is 16.1 Å². The number of hydrogen-bond donors (Lipinski definition) is 0. The van der Waals surface area contributed by atoms with Crippen LogP contribution in [0.4, 0.5) is 0 Å². The molecule has 0 fully saturated rings. The summed E-state index contributed by atoms with van der Waals surface area (Å²) >= 11 is 7.40. The normalized spacial score (nSPS) is 14.7. The highest BCUT2D eigenvalue weighted by molar-refractivity contribution is 7.07. The molecule has 8 nitrogen and oxygen atoms in total. The molecule has 0 radical (unpaired) electrons. The number of thiazole rings is 1. The lowest BCUT2D eigenvalue weighted by atomic mass is 9.95. The van der Waals surface area contributed by atoms with Crippen LogP contribution in [0.1, 0.15) is 50.4 Å². The number of aromatic nitrogens is 1. The van der Waals surface area contributed by atoms with E-state index in [1.807, 2.05) is 68.4 Å². The molecule has 0 N–H and O–H groups in total. The van der Waals surface area contributed by atoms with E-state index in [9.17, 15) is 9.59 Å². The van der Waals surface area contributed by atoms with Crippen LogP contribution in [-0.4, -0.2) is 30.4 Å². The topological polar surface area (TPSA) is 88.4 Å². The lowest BCUT2D eigenvalue weighted by molar-refractivity contribution is -0.139. The first-order valence-corrected chi connectivity index (χ1v) is 15.4. The van der Waals surface area contributed by atoms with E-state index in [4.69, 9.17) is 35.5 Å². The third-order valence-corrected chi connectivity index (χ3v) is 8.10. The van der Waals surface area contributed by atoms with Gasteiger partial charge in [0.25, 0.3) is 5.56 Å². The summed E-state index contributed by atoms with van der Waals surface area (Å²) in [5, 5.41) is 0.611. The first-order chi connectivity index (χ1) is 21.2. The molecule has 1 aliphatic heterocycles. The van der Waals surface area contributed by atoms with Crippen LogP contribution in [0.15, 0.2) is 87.8 Å². The molecule has 0 spiro atoms. The molecule has 228 valence electrons. The van der Waals surface area contributed by atoms with Crippen LogP contribution >= 0.6 is 22.9 Å². The van der Waals surface area contributed by atoms with Crippen molar-refractivity contribution < 1.29 is 23.7 Å². The fraction of sp³-hybridized carbons (Fsp3) is 0.265. The van der Waals surface area contributed by atoms with Gasteiger partial charge in [0.05, 0.1) is 35.6 Å². The first-order valence-electron chi connectivity index (χ1n) is 14.2. The molecule has 1 aliphatic rings. The summed E-state index contributed by atoms with van der Waals surface area (Å²) in [6, 6.07) is 19.5. The number of benzene rings is 3. The van der Waals surface area contributed by atoms with E-state index >= 15 is 0 Å². The minimum Gasteiger partial charge on any atom is -0.493 e. The fourth-order valence-corrected chi connectivity index (χ4v) is 6.29. The number of methoxy groups -OCH3 is 1. The van der Waals surface area contributed by atoms with E-state index < -0.39 is 12.0 Å². The van der Waals surface area contributed by atoms with Crippen LogP contribution in [0.3, 0.4) is 0 Å². The van der Waals surface area contributed by atoms with E-state index in [1.165, 1.54) is 11.3 Å². The number of para-hydroxylation sites is 2. The highest BCUT2D eigenvalue weighted by Gasteiger charge is 2.35. The van der Waals surface area contributed by atoms with Crippen LogP contribution in [0.25, 0.3) is 6.08 Å². The van der Waals surface area contributed by atoms with Crippen molar-refractivity contribution in [1.82, 2.24) is 4.57 Å². The standard InChI is InChI=1S/C34H33ClN2O6S/c1-6-41-33(39)29-21(4)36-34-37(30(29)25-14-7-8-15-26(25)43-20(2)3)32(38)28(44-34)18-23-12-10-16-27(40-5)31(23)42-19-22-11-9-13-24(35)17-22/h7-18,20,30H,6,19H2,1-5H3/b28-18-/t30-/m1/s1. The number of carbonyl (C=O) groups excluding carboxylic acids is 1. The fourth-order valence-electron chi connectivity index (χ4n) is 5.04. The maximum atomic E-state index is 14.2. The minimum absolute atomic E-state index is 0.124. The Hall–Kier alpha value is -4.34. The number of allylic oxidation sites excluding steroid dienone is 1. The molecule has 0 saturated heterocycles. The molecular weight excluding hydrogens is 600 g/mol. The molecule has 44 heavy (non-hydrogen) atoms. The number of hydrogen-bond acceptors (Lipinski definition) is 8. The monoisotopic (exact) mass is 632 g/mol. The number of carbonyl (C=O) groups is 1. The molecule has 5 rings (SSSR count). The zero-order valence-electron chi connectivity index (χ0n) is 25.1. The molecule has 4 aromatic rings. The molecule has 0 unspecified atom stereocenters. The first kappa shape index (κ1) is 31.1. The van der Waals surface area contributed by atoms with Crippen LogP contribution < -0.4 is 29.1 Å². The van der Waals surface area contributed by atoms with Gasteiger partial charge in [0.2, 0.25) is 0 Å². The summed E-state index contributed by atoms with van der Waals surface area (Å²) < 4.78 is 25.3. The lowest BCUT2D eigenvalue weighted by Crippen LogP contribution is -2.40. The van der Waals surface area contributed by atoms with Crippen molar-refractivity contribution in [1.29, 1.82) is 0 Å². The maximum Gasteiger partial charge on any atom is 0.338 e. The average Bonchev–Trinajstić information content (AvgIpc) is 3.29. The Kier molecular flexibility index (Phi) is 9.56. The SMILES string of the molecule is CCOC(=O)C1=C(C)N=c2s/c(=C\c3cccc(OC)c3OCc3cccc(Cl)c3)c(=O)n2[C@@H]1c1ccccc1OC(C)C. The quantitative estimate of drug-likeness (QED) is 0.205. The van der Waals surface area contributed by atoms with Crippen molar-refractivity contribution in [3.05, 3.63) is 119 Å². The molecule has 2 heterocycles. The second-order valence-electron chi connectivity index (χ2n) is 10.3. The van der Waals surface area contributed by atoms with Gasteiger partial charge in [0.1, 0.15) is 18.4 Å². The van der Waals surface area contributed by atoms with Crippen LogP contribution in [0, 0.1) is 0 Å². The highest BCUT2D eigenvalue weighted by Crippen LogP contribution is 2.36. The van der Waals surface area contributed by atoms with Gasteiger partial charge in [-0.2, -0.15) is 0 Å². The summed E-state index contributed by atoms with van der Waals surface area (Å²) in [6.07, 6.45) is 1.64. The Balaban J connectivity index is 1.67. The largest absolute Gasteiger partial charge is 0.493 e. The van der Waals surface area contributed by atoms with Gasteiger partial charge in [-0.1, -0.05) is 65.4 Å². The van der Waals surface area contributed by atoms with Gasteiger partial charge in [-0.25, -0.2) is 9.79 Å². The maximum absolute atomic E-state index is 14.2. The van der Waals surface area contributed by atoms with Crippen molar-refractivity contribution in [3.63, 3.8) is 0 Å². The number of fused-ring (bicyclic) bond motifs is 1. The molecule has 0 bridgehead atoms. The number of ether oxygens (including phenoxy) is 4. The van der Waals surface area contributed by atoms with Crippen LogP contribution in [0.2, 0.25) is 5.02 Å². The van der Waals surface area contributed by atoms with Crippen molar-refractivity contribution in [2.75, 3.05) is 13.7 Å². The van der Waals surface area contributed by atoms with Gasteiger partial charge >= 0.3 is 5.97 Å². The average molecular weight is 633 g/mol. The van der Waals surface area contributed by atoms with E-state index in [1.54, 1.807) is 43.7 Å². The van der Waals surface area contributed by atoms with Crippen molar-refractivity contribution in [3.8, 4) is 17.2 Å². The molecular formula is C34H33ClN2O6S. The second kappa shape index (κ2) is 13.5. The van der Waals surface area contributed by atoms with Crippen molar-refractivity contribution in [2.24, 2.45) is 4.99 Å². The van der Waals surface area contributed by atoms with E-state index in [-0.39, 0.29) is 30.5 Å². The van der Waals surface area contributed by atoms with E-state index in [2.05, 4.69) is 0 Å². The number of esters is 1. The summed E-state index contributed by atoms with van der Waals surface area (Å²) in [5.41, 5.74) is 2.66. The zero-order valence-corrected chi connectivity index (χ0v) is 26.7. The van der Waals surface area contributed by atoms with Crippen LogP contribution in [-0.2, 0) is 16.1 Å². The molecule has 0 amide bonds. The van der Waals surface area contributed by atoms with Gasteiger partial charge in [-0.05, 0) is 63.6 Å². The van der Waals surface area contributed by atoms with Gasteiger partial charge < -0.3 is 18.9 Å². The summed E-state index contributed by atoms with van der Waals surface area (Å²) in [5.74, 6) is 1.04. The predicted octanol–water partition coefficient (Wildman–Crippen LogP) is 5.83. The predicted molar refractivity (Wildman–Crippen MR) is 171 cm³/mol. The second-order valence-corrected chi connectivity index (χ2v) is 11.7. The zero-order chi connectivity index (χ0) is 31.4. The van der Waals surface area contributed by atoms with Gasteiger partial charge in [0.15, 0.2) is 16.3 Å². The summed E-state index contributed by atoms with van der Waals surface area (Å²) in [7, 11) is 1.57. The van der Waals surface area contributed by atoms with Crippen molar-refractivity contribution in [2.45, 2.75) is 46.4 Å². The molecule has 3 aromatic carbocycles. The number of nitrogens with zero attached hydrogens (tertiary/aromatic N) is 2. The third kappa shape index (κ3) is 6.44. The Bertz CT molecular complexity index is 1910. The Morgan fingerprint density at radius 3 is 2.57 bits per heavy atom. The summed E-state index contributed by atoms with van der Waals surface area (Å²) in [4.78, 5) is 32.7. The Morgan fingerprint density at radius 1 is 1.09 bits per heavy atom. The Labute approximate surface area is 264 Å². The molecule has 1 aromatic heterocycles. The molecule has 1 atom stereocenters.